The fourth-order valence-corrected chi connectivity index (χ4v) is 4.68. The predicted molar refractivity (Wildman–Crippen MR) is 108 cm³/mol. The summed E-state index contributed by atoms with van der Waals surface area (Å²) >= 11 is 6.87. The van der Waals surface area contributed by atoms with Crippen LogP contribution in [0, 0.1) is 16.7 Å². The standard InChI is InChI=1S/C23H29ClO/c1-15(12-16-6-8-17(25)9-7-16)18-13-19-20(14-21(18)24)23(4,5)11-10-22(19,2)3/h6-12,18,21,25H,13-14H2,1-5H3. The monoisotopic (exact) mass is 356 g/mol. The average Bonchev–Trinajstić information content (AvgIpc) is 2.54. The van der Waals surface area contributed by atoms with Crippen LogP contribution in [0.1, 0.15) is 53.0 Å². The lowest BCUT2D eigenvalue weighted by atomic mass is 9.61. The first-order chi connectivity index (χ1) is 11.6. The Morgan fingerprint density at radius 2 is 1.52 bits per heavy atom. The van der Waals surface area contributed by atoms with Crippen LogP contribution in [0.4, 0.5) is 0 Å². The van der Waals surface area contributed by atoms with Crippen molar-refractivity contribution in [2.75, 3.05) is 0 Å². The van der Waals surface area contributed by atoms with E-state index in [1.165, 1.54) is 11.1 Å². The maximum Gasteiger partial charge on any atom is 0.115 e. The molecule has 0 aromatic heterocycles. The lowest BCUT2D eigenvalue weighted by molar-refractivity contribution is 0.379. The van der Waals surface area contributed by atoms with Gasteiger partial charge < -0.3 is 5.11 Å². The molecule has 3 rings (SSSR count). The van der Waals surface area contributed by atoms with E-state index >= 15 is 0 Å². The Morgan fingerprint density at radius 3 is 2.08 bits per heavy atom. The van der Waals surface area contributed by atoms with E-state index in [4.69, 9.17) is 11.6 Å². The van der Waals surface area contributed by atoms with Gasteiger partial charge in [0.1, 0.15) is 5.75 Å². The molecule has 1 aromatic rings. The largest absolute Gasteiger partial charge is 0.508 e. The van der Waals surface area contributed by atoms with Crippen LogP contribution >= 0.6 is 11.6 Å². The Morgan fingerprint density at radius 1 is 1.00 bits per heavy atom. The number of phenolic OH excluding ortho intramolecular Hbond substituents is 1. The van der Waals surface area contributed by atoms with E-state index in [9.17, 15) is 5.11 Å². The Kier molecular flexibility index (Phi) is 4.66. The smallest absolute Gasteiger partial charge is 0.115 e. The maximum atomic E-state index is 9.46. The summed E-state index contributed by atoms with van der Waals surface area (Å²) in [7, 11) is 0. The lowest BCUT2D eigenvalue weighted by Gasteiger charge is -2.45. The van der Waals surface area contributed by atoms with Crippen LogP contribution in [-0.4, -0.2) is 10.5 Å². The molecule has 1 nitrogen and oxygen atoms in total. The lowest BCUT2D eigenvalue weighted by Crippen LogP contribution is -2.35. The molecule has 134 valence electrons. The van der Waals surface area contributed by atoms with Gasteiger partial charge in [0.2, 0.25) is 0 Å². The maximum absolute atomic E-state index is 9.46. The van der Waals surface area contributed by atoms with Crippen LogP contribution in [0.2, 0.25) is 0 Å². The molecule has 2 unspecified atom stereocenters. The zero-order valence-electron chi connectivity index (χ0n) is 15.9. The summed E-state index contributed by atoms with van der Waals surface area (Å²) < 4.78 is 0. The third-order valence-electron chi connectivity index (χ3n) is 5.97. The third-order valence-corrected chi connectivity index (χ3v) is 6.43. The molecule has 0 saturated carbocycles. The summed E-state index contributed by atoms with van der Waals surface area (Å²) in [6.07, 6.45) is 8.93. The zero-order chi connectivity index (χ0) is 18.4. The molecule has 0 amide bonds. The molecule has 2 atom stereocenters. The van der Waals surface area contributed by atoms with E-state index in [1.54, 1.807) is 17.7 Å². The van der Waals surface area contributed by atoms with E-state index in [-0.39, 0.29) is 16.2 Å². The Hall–Kier alpha value is -1.47. The summed E-state index contributed by atoms with van der Waals surface area (Å²) in [5, 5.41) is 9.60. The molecule has 0 aliphatic heterocycles. The number of alkyl halides is 1. The topological polar surface area (TPSA) is 20.2 Å². The van der Waals surface area contributed by atoms with E-state index in [0.717, 1.165) is 18.4 Å². The van der Waals surface area contributed by atoms with Crippen molar-refractivity contribution in [1.29, 1.82) is 0 Å². The van der Waals surface area contributed by atoms with Crippen LogP contribution in [0.3, 0.4) is 0 Å². The minimum atomic E-state index is 0.109. The number of hydrogen-bond acceptors (Lipinski definition) is 1. The SMILES string of the molecule is CC(=Cc1ccc(O)cc1)C1CC2=C(CC1Cl)C(C)(C)C=CC2(C)C. The number of aromatic hydroxyl groups is 1. The number of benzene rings is 1. The normalized spacial score (nSPS) is 28.0. The first kappa shape index (κ1) is 18.3. The van der Waals surface area contributed by atoms with Gasteiger partial charge in [-0.1, -0.05) is 74.8 Å². The van der Waals surface area contributed by atoms with E-state index in [0.29, 0.717) is 11.7 Å². The van der Waals surface area contributed by atoms with E-state index < -0.39 is 0 Å². The van der Waals surface area contributed by atoms with Gasteiger partial charge in [0.25, 0.3) is 0 Å². The average molecular weight is 357 g/mol. The molecule has 2 heteroatoms. The molecule has 0 radical (unpaired) electrons. The summed E-state index contributed by atoms with van der Waals surface area (Å²) in [6, 6.07) is 7.37. The van der Waals surface area contributed by atoms with E-state index in [1.807, 2.05) is 12.1 Å². The van der Waals surface area contributed by atoms with Crippen molar-refractivity contribution in [2.24, 2.45) is 16.7 Å². The van der Waals surface area contributed by atoms with E-state index in [2.05, 4.69) is 52.8 Å². The van der Waals surface area contributed by atoms with Gasteiger partial charge in [-0.15, -0.1) is 11.6 Å². The van der Waals surface area contributed by atoms with Crippen LogP contribution < -0.4 is 0 Å². The first-order valence-electron chi connectivity index (χ1n) is 9.15. The van der Waals surface area contributed by atoms with Crippen molar-refractivity contribution in [3.8, 4) is 5.75 Å². The number of phenols is 1. The van der Waals surface area contributed by atoms with Crippen molar-refractivity contribution in [1.82, 2.24) is 0 Å². The number of halogens is 1. The van der Waals surface area contributed by atoms with Gasteiger partial charge in [-0.05, 0) is 37.5 Å². The molecule has 0 fully saturated rings. The molecule has 25 heavy (non-hydrogen) atoms. The fourth-order valence-electron chi connectivity index (χ4n) is 4.24. The van der Waals surface area contributed by atoms with Crippen LogP contribution in [0.15, 0.2) is 53.1 Å². The molecule has 0 saturated heterocycles. The second-order valence-corrected chi connectivity index (χ2v) is 9.31. The summed E-state index contributed by atoms with van der Waals surface area (Å²) in [5.74, 6) is 0.659. The van der Waals surface area contributed by atoms with Gasteiger partial charge in [-0.3, -0.25) is 0 Å². The fraction of sp³-hybridized carbons (Fsp3) is 0.478. The predicted octanol–water partition coefficient (Wildman–Crippen LogP) is 6.73. The van der Waals surface area contributed by atoms with Crippen molar-refractivity contribution < 1.29 is 5.11 Å². The third kappa shape index (κ3) is 3.58. The molecule has 0 bridgehead atoms. The number of rotatable bonds is 2. The molecule has 2 aliphatic carbocycles. The highest BCUT2D eigenvalue weighted by Gasteiger charge is 2.41. The Balaban J connectivity index is 1.93. The molecular formula is C23H29ClO. The second-order valence-electron chi connectivity index (χ2n) is 8.74. The van der Waals surface area contributed by atoms with Gasteiger partial charge in [-0.25, -0.2) is 0 Å². The Bertz CT molecular complexity index is 747. The molecule has 0 spiro atoms. The molecule has 2 aliphatic rings. The van der Waals surface area contributed by atoms with Crippen molar-refractivity contribution in [2.45, 2.75) is 52.8 Å². The molecule has 0 heterocycles. The van der Waals surface area contributed by atoms with Gasteiger partial charge >= 0.3 is 0 Å². The minimum Gasteiger partial charge on any atom is -0.508 e. The van der Waals surface area contributed by atoms with Crippen LogP contribution in [0.25, 0.3) is 6.08 Å². The number of allylic oxidation sites excluding steroid dienone is 5. The summed E-state index contributed by atoms with van der Waals surface area (Å²) in [6.45, 7) is 11.4. The van der Waals surface area contributed by atoms with Crippen LogP contribution in [0.5, 0.6) is 5.75 Å². The van der Waals surface area contributed by atoms with Crippen molar-refractivity contribution in [3.63, 3.8) is 0 Å². The van der Waals surface area contributed by atoms with Crippen molar-refractivity contribution in [3.05, 3.63) is 58.7 Å². The summed E-state index contributed by atoms with van der Waals surface area (Å²) in [4.78, 5) is 0. The van der Waals surface area contributed by atoms with Gasteiger partial charge in [0.15, 0.2) is 0 Å². The summed E-state index contributed by atoms with van der Waals surface area (Å²) in [5.41, 5.74) is 5.76. The highest BCUT2D eigenvalue weighted by Crippen LogP contribution is 2.53. The van der Waals surface area contributed by atoms with Gasteiger partial charge in [-0.2, -0.15) is 0 Å². The first-order valence-corrected chi connectivity index (χ1v) is 9.58. The molecular weight excluding hydrogens is 328 g/mol. The quantitative estimate of drug-likeness (QED) is 0.460. The molecule has 1 aromatic carbocycles. The second kappa shape index (κ2) is 6.36. The Labute approximate surface area is 157 Å². The highest BCUT2D eigenvalue weighted by molar-refractivity contribution is 6.21. The highest BCUT2D eigenvalue weighted by atomic mass is 35.5. The van der Waals surface area contributed by atoms with Crippen molar-refractivity contribution >= 4 is 17.7 Å². The van der Waals surface area contributed by atoms with Gasteiger partial charge in [0, 0.05) is 22.1 Å². The zero-order valence-corrected chi connectivity index (χ0v) is 16.7. The van der Waals surface area contributed by atoms with Crippen LogP contribution in [-0.2, 0) is 0 Å². The molecule has 1 N–H and O–H groups in total. The minimum absolute atomic E-state index is 0.109. The van der Waals surface area contributed by atoms with Gasteiger partial charge in [0.05, 0.1) is 0 Å². The number of hydrogen-bond donors (Lipinski definition) is 1.